The van der Waals surface area contributed by atoms with Gasteiger partial charge in [0.1, 0.15) is 0 Å². The highest BCUT2D eigenvalue weighted by Crippen LogP contribution is 2.70. The summed E-state index contributed by atoms with van der Waals surface area (Å²) in [6.45, 7) is 8.75. The van der Waals surface area contributed by atoms with Crippen LogP contribution in [-0.4, -0.2) is 25.7 Å². The molecule has 2 heteroatoms. The Hall–Kier alpha value is -0.0800. The van der Waals surface area contributed by atoms with Gasteiger partial charge in [0.15, 0.2) is 0 Å². The molecular formula is C19H34N2. The minimum Gasteiger partial charge on any atom is -0.315 e. The first kappa shape index (κ1) is 14.5. The SMILES string of the molecule is CC12CC3CC(C)(C1)CC(CCNCCNC1CC1)(C3)C2. The van der Waals surface area contributed by atoms with Crippen LogP contribution in [0.2, 0.25) is 0 Å². The van der Waals surface area contributed by atoms with Crippen molar-refractivity contribution in [2.45, 2.75) is 77.7 Å². The van der Waals surface area contributed by atoms with Gasteiger partial charge in [0.25, 0.3) is 0 Å². The molecule has 2 unspecified atom stereocenters. The van der Waals surface area contributed by atoms with Crippen molar-refractivity contribution in [3.05, 3.63) is 0 Å². The van der Waals surface area contributed by atoms with E-state index in [0.29, 0.717) is 16.2 Å². The van der Waals surface area contributed by atoms with Crippen LogP contribution >= 0.6 is 0 Å². The average molecular weight is 290 g/mol. The van der Waals surface area contributed by atoms with Gasteiger partial charge in [-0.25, -0.2) is 0 Å². The van der Waals surface area contributed by atoms with E-state index in [2.05, 4.69) is 24.5 Å². The molecule has 0 saturated heterocycles. The van der Waals surface area contributed by atoms with Crippen molar-refractivity contribution in [1.82, 2.24) is 10.6 Å². The lowest BCUT2D eigenvalue weighted by atomic mass is 9.40. The van der Waals surface area contributed by atoms with Crippen LogP contribution in [0, 0.1) is 22.2 Å². The lowest BCUT2D eigenvalue weighted by molar-refractivity contribution is -0.147. The van der Waals surface area contributed by atoms with E-state index >= 15 is 0 Å². The second kappa shape index (κ2) is 4.96. The van der Waals surface area contributed by atoms with Gasteiger partial charge in [-0.15, -0.1) is 0 Å². The third-order valence-corrected chi connectivity index (χ3v) is 6.89. The molecule has 5 saturated carbocycles. The molecule has 0 aliphatic heterocycles. The van der Waals surface area contributed by atoms with E-state index in [4.69, 9.17) is 0 Å². The normalized spacial score (nSPS) is 48.0. The molecule has 2 atom stereocenters. The topological polar surface area (TPSA) is 24.1 Å². The molecule has 0 heterocycles. The fraction of sp³-hybridized carbons (Fsp3) is 1.00. The van der Waals surface area contributed by atoms with Crippen LogP contribution in [0.5, 0.6) is 0 Å². The van der Waals surface area contributed by atoms with E-state index in [-0.39, 0.29) is 0 Å². The van der Waals surface area contributed by atoms with E-state index in [1.54, 1.807) is 6.42 Å². The highest BCUT2D eigenvalue weighted by atomic mass is 15.0. The molecule has 0 spiro atoms. The third kappa shape index (κ3) is 3.03. The predicted octanol–water partition coefficient (Wildman–Crippen LogP) is 3.71. The largest absolute Gasteiger partial charge is 0.315 e. The van der Waals surface area contributed by atoms with Crippen molar-refractivity contribution < 1.29 is 0 Å². The van der Waals surface area contributed by atoms with Gasteiger partial charge in [0.2, 0.25) is 0 Å². The minimum absolute atomic E-state index is 0.682. The Kier molecular flexibility index (Phi) is 3.43. The average Bonchev–Trinajstić information content (AvgIpc) is 3.12. The van der Waals surface area contributed by atoms with Gasteiger partial charge in [-0.3, -0.25) is 0 Å². The highest BCUT2D eigenvalue weighted by molar-refractivity contribution is 5.10. The zero-order chi connectivity index (χ0) is 14.6. The van der Waals surface area contributed by atoms with Gasteiger partial charge in [0, 0.05) is 19.1 Å². The summed E-state index contributed by atoms with van der Waals surface area (Å²) in [6, 6.07) is 0.856. The van der Waals surface area contributed by atoms with Crippen LogP contribution in [0.15, 0.2) is 0 Å². The molecule has 0 radical (unpaired) electrons. The molecule has 5 fully saturated rings. The number of hydrogen-bond donors (Lipinski definition) is 2. The quantitative estimate of drug-likeness (QED) is 0.698. The molecule has 5 aliphatic carbocycles. The molecule has 2 nitrogen and oxygen atoms in total. The Labute approximate surface area is 130 Å². The molecule has 0 aromatic rings. The molecule has 120 valence electrons. The van der Waals surface area contributed by atoms with Crippen LogP contribution in [0.4, 0.5) is 0 Å². The van der Waals surface area contributed by atoms with Gasteiger partial charge in [-0.05, 0) is 86.5 Å². The smallest absolute Gasteiger partial charge is 0.00793 e. The number of nitrogens with one attached hydrogen (secondary N) is 2. The highest BCUT2D eigenvalue weighted by Gasteiger charge is 2.59. The van der Waals surface area contributed by atoms with Crippen molar-refractivity contribution in [3.63, 3.8) is 0 Å². The molecular weight excluding hydrogens is 256 g/mol. The van der Waals surface area contributed by atoms with Gasteiger partial charge >= 0.3 is 0 Å². The lowest BCUT2D eigenvalue weighted by Gasteiger charge is -2.65. The van der Waals surface area contributed by atoms with E-state index < -0.39 is 0 Å². The standard InChI is InChI=1S/C19H34N2/c1-17-9-15-10-18(2,12-17)14-19(11-15,13-17)5-6-20-7-8-21-16-3-4-16/h15-16,20-21H,3-14H2,1-2H3. The molecule has 2 N–H and O–H groups in total. The van der Waals surface area contributed by atoms with Gasteiger partial charge < -0.3 is 10.6 Å². The van der Waals surface area contributed by atoms with E-state index in [0.717, 1.165) is 25.0 Å². The summed E-state index contributed by atoms with van der Waals surface area (Å²) in [6.07, 6.45) is 13.4. The fourth-order valence-corrected chi connectivity index (χ4v) is 7.09. The van der Waals surface area contributed by atoms with E-state index in [1.807, 2.05) is 0 Å². The van der Waals surface area contributed by atoms with Crippen LogP contribution in [0.25, 0.3) is 0 Å². The fourth-order valence-electron chi connectivity index (χ4n) is 7.09. The van der Waals surface area contributed by atoms with Crippen molar-refractivity contribution in [2.75, 3.05) is 19.6 Å². The molecule has 5 rings (SSSR count). The maximum atomic E-state index is 3.71. The Morgan fingerprint density at radius 1 is 0.857 bits per heavy atom. The van der Waals surface area contributed by atoms with Crippen molar-refractivity contribution in [2.24, 2.45) is 22.2 Å². The predicted molar refractivity (Wildman–Crippen MR) is 88.4 cm³/mol. The first-order valence-electron chi connectivity index (χ1n) is 9.43. The first-order valence-corrected chi connectivity index (χ1v) is 9.43. The molecule has 21 heavy (non-hydrogen) atoms. The van der Waals surface area contributed by atoms with Crippen molar-refractivity contribution in [3.8, 4) is 0 Å². The molecule has 4 bridgehead atoms. The number of hydrogen-bond acceptors (Lipinski definition) is 2. The first-order chi connectivity index (χ1) is 9.99. The molecule has 5 aliphatic rings. The summed E-state index contributed by atoms with van der Waals surface area (Å²) in [4.78, 5) is 0. The summed E-state index contributed by atoms with van der Waals surface area (Å²) in [5.74, 6) is 1.05. The monoisotopic (exact) mass is 290 g/mol. The maximum absolute atomic E-state index is 3.71. The molecule has 0 amide bonds. The van der Waals surface area contributed by atoms with Crippen LogP contribution in [0.1, 0.15) is 71.6 Å². The van der Waals surface area contributed by atoms with Crippen molar-refractivity contribution >= 4 is 0 Å². The van der Waals surface area contributed by atoms with E-state index in [9.17, 15) is 0 Å². The van der Waals surface area contributed by atoms with E-state index in [1.165, 1.54) is 57.9 Å². The summed E-state index contributed by atoms with van der Waals surface area (Å²) in [7, 11) is 0. The summed E-state index contributed by atoms with van der Waals surface area (Å²) < 4.78 is 0. The lowest BCUT2D eigenvalue weighted by Crippen LogP contribution is -2.55. The van der Waals surface area contributed by atoms with Crippen LogP contribution in [0.3, 0.4) is 0 Å². The van der Waals surface area contributed by atoms with Gasteiger partial charge in [-0.1, -0.05) is 13.8 Å². The van der Waals surface area contributed by atoms with Crippen LogP contribution in [-0.2, 0) is 0 Å². The summed E-state index contributed by atoms with van der Waals surface area (Å²) >= 11 is 0. The van der Waals surface area contributed by atoms with Crippen LogP contribution < -0.4 is 10.6 Å². The molecule has 0 aromatic carbocycles. The number of rotatable bonds is 7. The Bertz CT molecular complexity index is 382. The summed E-state index contributed by atoms with van der Waals surface area (Å²) in [5, 5.41) is 7.31. The minimum atomic E-state index is 0.682. The molecule has 0 aromatic heterocycles. The second-order valence-electron chi connectivity index (χ2n) is 9.86. The van der Waals surface area contributed by atoms with Gasteiger partial charge in [0.05, 0.1) is 0 Å². The second-order valence-corrected chi connectivity index (χ2v) is 9.86. The Balaban J connectivity index is 1.28. The third-order valence-electron chi connectivity index (χ3n) is 6.89. The zero-order valence-electron chi connectivity index (χ0n) is 14.1. The van der Waals surface area contributed by atoms with Crippen molar-refractivity contribution in [1.29, 1.82) is 0 Å². The van der Waals surface area contributed by atoms with Gasteiger partial charge in [-0.2, -0.15) is 0 Å². The Morgan fingerprint density at radius 3 is 2.19 bits per heavy atom. The maximum Gasteiger partial charge on any atom is 0.00793 e. The Morgan fingerprint density at radius 2 is 1.57 bits per heavy atom. The zero-order valence-corrected chi connectivity index (χ0v) is 14.1. The summed E-state index contributed by atoms with van der Waals surface area (Å²) in [5.41, 5.74) is 2.06.